The molecule has 1 atom stereocenters. The molecule has 182 valence electrons. The van der Waals surface area contributed by atoms with Gasteiger partial charge in [-0.15, -0.1) is 6.42 Å². The van der Waals surface area contributed by atoms with Crippen LogP contribution in [-0.2, 0) is 9.47 Å². The molecule has 1 N–H and O–H groups in total. The molecular formula is C29H32N2O4. The first-order valence-electron chi connectivity index (χ1n) is 12.7. The third-order valence-corrected chi connectivity index (χ3v) is 7.57. The maximum Gasteiger partial charge on any atom is 0.411 e. The van der Waals surface area contributed by atoms with Crippen molar-refractivity contribution in [2.75, 3.05) is 31.6 Å². The quantitative estimate of drug-likeness (QED) is 0.600. The minimum Gasteiger partial charge on any atom is -0.443 e. The van der Waals surface area contributed by atoms with Crippen molar-refractivity contribution in [3.05, 3.63) is 64.7 Å². The molecule has 0 aromatic heterocycles. The van der Waals surface area contributed by atoms with Crippen molar-refractivity contribution in [3.8, 4) is 12.3 Å². The molecule has 2 aliphatic heterocycles. The zero-order valence-corrected chi connectivity index (χ0v) is 20.0. The van der Waals surface area contributed by atoms with Gasteiger partial charge in [0, 0.05) is 36.3 Å². The molecule has 2 amide bonds. The molecule has 6 heteroatoms. The fourth-order valence-corrected chi connectivity index (χ4v) is 5.22. The van der Waals surface area contributed by atoms with Gasteiger partial charge < -0.3 is 14.4 Å². The van der Waals surface area contributed by atoms with Crippen LogP contribution >= 0.6 is 0 Å². The fraction of sp³-hybridized carbons (Fsp3) is 0.448. The number of hydrogen-bond acceptors (Lipinski definition) is 4. The second kappa shape index (κ2) is 10.5. The third-order valence-electron chi connectivity index (χ3n) is 7.57. The number of carbonyl (C=O) groups is 2. The molecule has 1 aliphatic carbocycles. The highest BCUT2D eigenvalue weighted by molar-refractivity contribution is 5.97. The zero-order chi connectivity index (χ0) is 24.2. The number of terminal acetylenes is 1. The summed E-state index contributed by atoms with van der Waals surface area (Å²) in [7, 11) is 0. The summed E-state index contributed by atoms with van der Waals surface area (Å²) in [6, 6.07) is 13.9. The summed E-state index contributed by atoms with van der Waals surface area (Å²) < 4.78 is 10.8. The Hall–Kier alpha value is -3.30. The maximum atomic E-state index is 13.4. The van der Waals surface area contributed by atoms with Gasteiger partial charge in [0.25, 0.3) is 5.91 Å². The molecule has 1 saturated carbocycles. The number of likely N-dealkylation sites (tertiary alicyclic amines) is 1. The second-order valence-corrected chi connectivity index (χ2v) is 9.78. The van der Waals surface area contributed by atoms with E-state index in [1.807, 2.05) is 35.2 Å². The Kier molecular flexibility index (Phi) is 7.06. The number of carbonyl (C=O) groups excluding carboxylic acids is 2. The zero-order valence-electron chi connectivity index (χ0n) is 20.0. The summed E-state index contributed by atoms with van der Waals surface area (Å²) in [5.41, 5.74) is 4.54. The Morgan fingerprint density at radius 3 is 2.40 bits per heavy atom. The Labute approximate surface area is 207 Å². The molecule has 2 saturated heterocycles. The normalized spacial score (nSPS) is 20.7. The molecule has 2 aromatic carbocycles. The molecule has 1 unspecified atom stereocenters. The van der Waals surface area contributed by atoms with Crippen molar-refractivity contribution in [1.82, 2.24) is 4.90 Å². The lowest BCUT2D eigenvalue weighted by atomic mass is 9.79. The third kappa shape index (κ3) is 5.36. The van der Waals surface area contributed by atoms with Gasteiger partial charge in [0.05, 0.1) is 13.2 Å². The highest BCUT2D eigenvalue weighted by atomic mass is 16.6. The van der Waals surface area contributed by atoms with Gasteiger partial charge in [-0.3, -0.25) is 10.1 Å². The van der Waals surface area contributed by atoms with Crippen molar-refractivity contribution in [2.45, 2.75) is 56.5 Å². The molecular weight excluding hydrogens is 440 g/mol. The molecule has 0 radical (unpaired) electrons. The number of ether oxygens (including phenoxy) is 2. The predicted octanol–water partition coefficient (Wildman–Crippen LogP) is 5.29. The van der Waals surface area contributed by atoms with Crippen LogP contribution in [0, 0.1) is 12.3 Å². The smallest absolute Gasteiger partial charge is 0.411 e. The van der Waals surface area contributed by atoms with E-state index >= 15 is 0 Å². The molecule has 0 spiro atoms. The van der Waals surface area contributed by atoms with Crippen LogP contribution in [0.25, 0.3) is 0 Å². The lowest BCUT2D eigenvalue weighted by Gasteiger charge is -2.33. The number of amides is 2. The van der Waals surface area contributed by atoms with Crippen molar-refractivity contribution in [1.29, 1.82) is 0 Å². The Balaban J connectivity index is 1.25. The number of nitrogens with zero attached hydrogens (tertiary/aromatic N) is 1. The van der Waals surface area contributed by atoms with Gasteiger partial charge in [-0.2, -0.15) is 0 Å². The van der Waals surface area contributed by atoms with E-state index in [9.17, 15) is 9.59 Å². The van der Waals surface area contributed by atoms with E-state index in [0.717, 1.165) is 36.8 Å². The van der Waals surface area contributed by atoms with Crippen LogP contribution in [0.1, 0.15) is 77.4 Å². The van der Waals surface area contributed by atoms with Crippen molar-refractivity contribution < 1.29 is 19.1 Å². The van der Waals surface area contributed by atoms with Crippen molar-refractivity contribution >= 4 is 17.7 Å². The molecule has 35 heavy (non-hydrogen) atoms. The van der Waals surface area contributed by atoms with E-state index in [4.69, 9.17) is 15.9 Å². The SMILES string of the molecule is C#Cc1ccc(C2CCN(C(=O)c3ccc(C4CCC4)c(NC(=O)OC4CCOC4)c3)CC2)cc1. The highest BCUT2D eigenvalue weighted by Gasteiger charge is 2.28. The van der Waals surface area contributed by atoms with Crippen LogP contribution in [0.3, 0.4) is 0 Å². The summed E-state index contributed by atoms with van der Waals surface area (Å²) in [5.74, 6) is 3.51. The van der Waals surface area contributed by atoms with Crippen LogP contribution in [0.15, 0.2) is 42.5 Å². The molecule has 5 rings (SSSR count). The average Bonchev–Trinajstić information content (AvgIpc) is 3.36. The van der Waals surface area contributed by atoms with E-state index in [2.05, 4.69) is 23.4 Å². The minimum absolute atomic E-state index is 0.00639. The predicted molar refractivity (Wildman–Crippen MR) is 135 cm³/mol. The van der Waals surface area contributed by atoms with E-state index in [-0.39, 0.29) is 12.0 Å². The molecule has 2 aromatic rings. The fourth-order valence-electron chi connectivity index (χ4n) is 5.22. The molecule has 6 nitrogen and oxygen atoms in total. The summed E-state index contributed by atoms with van der Waals surface area (Å²) in [6.07, 6.45) is 10.7. The van der Waals surface area contributed by atoms with Crippen LogP contribution in [0.4, 0.5) is 10.5 Å². The van der Waals surface area contributed by atoms with E-state index in [1.54, 1.807) is 0 Å². The van der Waals surface area contributed by atoms with Crippen molar-refractivity contribution in [3.63, 3.8) is 0 Å². The first kappa shape index (κ1) is 23.4. The summed E-state index contributed by atoms with van der Waals surface area (Å²) in [5, 5.41) is 2.92. The summed E-state index contributed by atoms with van der Waals surface area (Å²) >= 11 is 0. The highest BCUT2D eigenvalue weighted by Crippen LogP contribution is 2.40. The molecule has 3 aliphatic rings. The number of piperidine rings is 1. The molecule has 0 bridgehead atoms. The summed E-state index contributed by atoms with van der Waals surface area (Å²) in [6.45, 7) is 2.46. The standard InChI is InChI=1S/C29H32N2O4/c1-2-20-6-8-21(9-7-20)22-12-15-31(16-13-22)28(32)24-10-11-26(23-4-3-5-23)27(18-24)30-29(33)35-25-14-17-34-19-25/h1,6-11,18,22-23,25H,3-5,12-17,19H2,(H,30,33). The van der Waals surface area contributed by atoms with Crippen LogP contribution in [0.2, 0.25) is 0 Å². The topological polar surface area (TPSA) is 67.9 Å². The molecule has 3 fully saturated rings. The number of rotatable bonds is 5. The number of anilines is 1. The maximum absolute atomic E-state index is 13.4. The lowest BCUT2D eigenvalue weighted by molar-refractivity contribution is 0.0712. The van der Waals surface area contributed by atoms with Crippen LogP contribution in [-0.4, -0.2) is 49.3 Å². The van der Waals surface area contributed by atoms with Gasteiger partial charge in [0.15, 0.2) is 0 Å². The van der Waals surface area contributed by atoms with Crippen LogP contribution in [0.5, 0.6) is 0 Å². The number of nitrogens with one attached hydrogen (secondary N) is 1. The molecule has 2 heterocycles. The van der Waals surface area contributed by atoms with Gasteiger partial charge >= 0.3 is 6.09 Å². The number of benzene rings is 2. The minimum atomic E-state index is -0.484. The summed E-state index contributed by atoms with van der Waals surface area (Å²) in [4.78, 5) is 27.8. The van der Waals surface area contributed by atoms with E-state index in [1.165, 1.54) is 12.0 Å². The Bertz CT molecular complexity index is 1100. The monoisotopic (exact) mass is 472 g/mol. The first-order chi connectivity index (χ1) is 17.1. The van der Waals surface area contributed by atoms with Gasteiger partial charge in [0.2, 0.25) is 0 Å². The van der Waals surface area contributed by atoms with E-state index in [0.29, 0.717) is 55.8 Å². The van der Waals surface area contributed by atoms with Crippen LogP contribution < -0.4 is 5.32 Å². The van der Waals surface area contributed by atoms with E-state index < -0.39 is 6.09 Å². The van der Waals surface area contributed by atoms with Gasteiger partial charge in [-0.25, -0.2) is 4.79 Å². The largest absolute Gasteiger partial charge is 0.443 e. The average molecular weight is 473 g/mol. The number of hydrogen-bond donors (Lipinski definition) is 1. The second-order valence-electron chi connectivity index (χ2n) is 9.78. The Morgan fingerprint density at radius 1 is 1.00 bits per heavy atom. The lowest BCUT2D eigenvalue weighted by Crippen LogP contribution is -2.38. The Morgan fingerprint density at radius 2 is 1.77 bits per heavy atom. The first-order valence-corrected chi connectivity index (χ1v) is 12.7. The van der Waals surface area contributed by atoms with Gasteiger partial charge in [-0.05, 0) is 72.9 Å². The van der Waals surface area contributed by atoms with Gasteiger partial charge in [-0.1, -0.05) is 30.5 Å². The van der Waals surface area contributed by atoms with Crippen molar-refractivity contribution in [2.24, 2.45) is 0 Å². The van der Waals surface area contributed by atoms with Gasteiger partial charge in [0.1, 0.15) is 6.10 Å².